The molecule has 1 aromatic heterocycles. The lowest BCUT2D eigenvalue weighted by Crippen LogP contribution is -2.19. The minimum absolute atomic E-state index is 0.0810. The van der Waals surface area contributed by atoms with Gasteiger partial charge < -0.3 is 0 Å². The van der Waals surface area contributed by atoms with E-state index in [1.165, 1.54) is 35.8 Å². The third-order valence-corrected chi connectivity index (χ3v) is 5.93. The number of amides is 1. The van der Waals surface area contributed by atoms with Crippen molar-refractivity contribution in [3.05, 3.63) is 76.0 Å². The van der Waals surface area contributed by atoms with Crippen molar-refractivity contribution in [3.8, 4) is 11.1 Å². The first-order chi connectivity index (χ1) is 14.6. The standard InChI is InChI=1S/C20H15F3N2O4S2/c21-20(22,23)14-7-8-18(31(27,28)29)17(10-14)16-6-2-1-4-13(16)12-24-25-19(26)11-15-5-3-9-30-15/h1-10,12H,11H2,(H,25,26)(H,27,28,29)/b24-12+. The molecule has 11 heteroatoms. The van der Waals surface area contributed by atoms with Crippen LogP contribution in [-0.4, -0.2) is 25.1 Å². The number of carbonyl (C=O) groups excluding carboxylic acids is 1. The zero-order valence-corrected chi connectivity index (χ0v) is 17.3. The molecule has 3 aromatic rings. The van der Waals surface area contributed by atoms with Crippen molar-refractivity contribution >= 4 is 33.6 Å². The Morgan fingerprint density at radius 1 is 1.10 bits per heavy atom. The molecule has 2 N–H and O–H groups in total. The lowest BCUT2D eigenvalue weighted by Gasteiger charge is -2.14. The zero-order chi connectivity index (χ0) is 22.6. The number of carbonyl (C=O) groups is 1. The van der Waals surface area contributed by atoms with Crippen LogP contribution in [0.2, 0.25) is 0 Å². The van der Waals surface area contributed by atoms with Gasteiger partial charge in [0.1, 0.15) is 4.90 Å². The number of thiophene rings is 1. The summed E-state index contributed by atoms with van der Waals surface area (Å²) >= 11 is 1.40. The Kier molecular flexibility index (Phi) is 6.58. The maximum atomic E-state index is 13.2. The van der Waals surface area contributed by atoms with Gasteiger partial charge >= 0.3 is 6.18 Å². The molecule has 0 aliphatic heterocycles. The Morgan fingerprint density at radius 2 is 1.84 bits per heavy atom. The molecule has 0 radical (unpaired) electrons. The molecule has 1 heterocycles. The van der Waals surface area contributed by atoms with Gasteiger partial charge in [-0.2, -0.15) is 26.7 Å². The minimum Gasteiger partial charge on any atom is -0.282 e. The van der Waals surface area contributed by atoms with E-state index in [1.807, 2.05) is 5.38 Å². The summed E-state index contributed by atoms with van der Waals surface area (Å²) in [6.07, 6.45) is -3.42. The number of nitrogens with one attached hydrogen (secondary N) is 1. The second kappa shape index (κ2) is 9.00. The number of nitrogens with zero attached hydrogens (tertiary/aromatic N) is 1. The summed E-state index contributed by atoms with van der Waals surface area (Å²) in [5.41, 5.74) is 1.22. The van der Waals surface area contributed by atoms with E-state index in [0.717, 1.165) is 4.88 Å². The molecular formula is C20H15F3N2O4S2. The molecule has 0 aliphatic carbocycles. The second-order valence-corrected chi connectivity index (χ2v) is 8.74. The van der Waals surface area contributed by atoms with Gasteiger partial charge in [-0.25, -0.2) is 5.43 Å². The van der Waals surface area contributed by atoms with Crippen molar-refractivity contribution in [2.45, 2.75) is 17.5 Å². The Bertz CT molecular complexity index is 1220. The Labute approximate surface area is 179 Å². The highest BCUT2D eigenvalue weighted by Crippen LogP contribution is 2.36. The van der Waals surface area contributed by atoms with E-state index in [4.69, 9.17) is 0 Å². The predicted octanol–water partition coefficient (Wildman–Crippen LogP) is 4.37. The van der Waals surface area contributed by atoms with Crippen molar-refractivity contribution in [2.24, 2.45) is 5.10 Å². The normalized spacial score (nSPS) is 12.3. The molecular weight excluding hydrogens is 453 g/mol. The number of alkyl halides is 3. The van der Waals surface area contributed by atoms with Crippen LogP contribution < -0.4 is 5.43 Å². The van der Waals surface area contributed by atoms with Crippen molar-refractivity contribution in [3.63, 3.8) is 0 Å². The summed E-state index contributed by atoms with van der Waals surface area (Å²) in [4.78, 5) is 12.1. The lowest BCUT2D eigenvalue weighted by molar-refractivity contribution is -0.137. The van der Waals surface area contributed by atoms with E-state index in [2.05, 4.69) is 10.5 Å². The van der Waals surface area contributed by atoms with Crippen LogP contribution >= 0.6 is 11.3 Å². The lowest BCUT2D eigenvalue weighted by atomic mass is 9.98. The number of hydrogen-bond donors (Lipinski definition) is 2. The summed E-state index contributed by atoms with van der Waals surface area (Å²) in [7, 11) is -4.80. The molecule has 31 heavy (non-hydrogen) atoms. The molecule has 0 spiro atoms. The first kappa shape index (κ1) is 22.7. The summed E-state index contributed by atoms with van der Waals surface area (Å²) in [6, 6.07) is 11.4. The van der Waals surface area contributed by atoms with Gasteiger partial charge in [-0.1, -0.05) is 30.3 Å². The van der Waals surface area contributed by atoms with Crippen molar-refractivity contribution in [2.75, 3.05) is 0 Å². The fourth-order valence-electron chi connectivity index (χ4n) is 2.78. The van der Waals surface area contributed by atoms with Gasteiger partial charge in [0.05, 0.1) is 18.2 Å². The molecule has 0 fully saturated rings. The average Bonchev–Trinajstić information content (AvgIpc) is 3.19. The highest BCUT2D eigenvalue weighted by molar-refractivity contribution is 7.86. The van der Waals surface area contributed by atoms with Gasteiger partial charge in [-0.15, -0.1) is 11.3 Å². The summed E-state index contributed by atoms with van der Waals surface area (Å²) < 4.78 is 72.5. The van der Waals surface area contributed by atoms with E-state index < -0.39 is 32.7 Å². The largest absolute Gasteiger partial charge is 0.416 e. The van der Waals surface area contributed by atoms with E-state index in [1.54, 1.807) is 18.2 Å². The zero-order valence-electron chi connectivity index (χ0n) is 15.6. The maximum Gasteiger partial charge on any atom is 0.416 e. The van der Waals surface area contributed by atoms with Crippen LogP contribution in [0.15, 0.2) is 70.0 Å². The van der Waals surface area contributed by atoms with Gasteiger partial charge in [0.25, 0.3) is 10.1 Å². The Balaban J connectivity index is 1.96. The van der Waals surface area contributed by atoms with Gasteiger partial charge in [-0.3, -0.25) is 9.35 Å². The third-order valence-electron chi connectivity index (χ3n) is 4.14. The molecule has 0 saturated carbocycles. The van der Waals surface area contributed by atoms with Crippen LogP contribution in [-0.2, 0) is 27.5 Å². The van der Waals surface area contributed by atoms with Gasteiger partial charge in [0, 0.05) is 16.0 Å². The number of rotatable bonds is 6. The van der Waals surface area contributed by atoms with Crippen LogP contribution in [0.25, 0.3) is 11.1 Å². The van der Waals surface area contributed by atoms with E-state index in [9.17, 15) is 30.9 Å². The smallest absolute Gasteiger partial charge is 0.282 e. The summed E-state index contributed by atoms with van der Waals surface area (Å²) in [5, 5.41) is 5.64. The van der Waals surface area contributed by atoms with Gasteiger partial charge in [-0.05, 0) is 35.2 Å². The quantitative estimate of drug-likeness (QED) is 0.319. The highest BCUT2D eigenvalue weighted by atomic mass is 32.2. The maximum absolute atomic E-state index is 13.2. The van der Waals surface area contributed by atoms with Gasteiger partial charge in [0.2, 0.25) is 5.91 Å². The van der Waals surface area contributed by atoms with E-state index >= 15 is 0 Å². The Hall–Kier alpha value is -3.02. The minimum atomic E-state index is -4.80. The number of hydrazone groups is 1. The fraction of sp³-hybridized carbons (Fsp3) is 0.100. The third kappa shape index (κ3) is 5.78. The predicted molar refractivity (Wildman–Crippen MR) is 110 cm³/mol. The van der Waals surface area contributed by atoms with Crippen LogP contribution in [0.4, 0.5) is 13.2 Å². The summed E-state index contributed by atoms with van der Waals surface area (Å²) in [6.45, 7) is 0. The molecule has 0 unspecified atom stereocenters. The first-order valence-electron chi connectivity index (χ1n) is 8.68. The average molecular weight is 468 g/mol. The van der Waals surface area contributed by atoms with Crippen LogP contribution in [0.1, 0.15) is 16.0 Å². The van der Waals surface area contributed by atoms with E-state index in [0.29, 0.717) is 18.2 Å². The molecule has 3 rings (SSSR count). The SMILES string of the molecule is O=C(Cc1cccs1)N/N=C/c1ccccc1-c1cc(C(F)(F)F)ccc1S(=O)(=O)O. The van der Waals surface area contributed by atoms with Crippen LogP contribution in [0.3, 0.4) is 0 Å². The van der Waals surface area contributed by atoms with Crippen LogP contribution in [0.5, 0.6) is 0 Å². The number of halogens is 3. The molecule has 0 aliphatic rings. The molecule has 1 amide bonds. The van der Waals surface area contributed by atoms with Crippen LogP contribution in [0, 0.1) is 0 Å². The fourth-order valence-corrected chi connectivity index (χ4v) is 4.17. The van der Waals surface area contributed by atoms with Crippen molar-refractivity contribution < 1.29 is 30.9 Å². The second-order valence-electron chi connectivity index (χ2n) is 6.32. The topological polar surface area (TPSA) is 95.8 Å². The number of benzene rings is 2. The van der Waals surface area contributed by atoms with Crippen molar-refractivity contribution in [1.29, 1.82) is 0 Å². The van der Waals surface area contributed by atoms with E-state index in [-0.39, 0.29) is 23.1 Å². The molecule has 6 nitrogen and oxygen atoms in total. The molecule has 162 valence electrons. The molecule has 0 bridgehead atoms. The molecule has 0 atom stereocenters. The Morgan fingerprint density at radius 3 is 2.48 bits per heavy atom. The molecule has 0 saturated heterocycles. The monoisotopic (exact) mass is 468 g/mol. The van der Waals surface area contributed by atoms with Gasteiger partial charge in [0.15, 0.2) is 0 Å². The highest BCUT2D eigenvalue weighted by Gasteiger charge is 2.32. The summed E-state index contributed by atoms with van der Waals surface area (Å²) in [5.74, 6) is -0.395. The molecule has 2 aromatic carbocycles. The van der Waals surface area contributed by atoms with Crippen molar-refractivity contribution in [1.82, 2.24) is 5.43 Å². The number of hydrogen-bond acceptors (Lipinski definition) is 5. The first-order valence-corrected chi connectivity index (χ1v) is 11.0.